The van der Waals surface area contributed by atoms with Crippen molar-refractivity contribution in [1.29, 1.82) is 0 Å². The Morgan fingerprint density at radius 2 is 2.11 bits per heavy atom. The van der Waals surface area contributed by atoms with E-state index in [0.717, 1.165) is 31.4 Å². The fraction of sp³-hybridized carbons (Fsp3) is 0.769. The van der Waals surface area contributed by atoms with E-state index >= 15 is 0 Å². The van der Waals surface area contributed by atoms with E-state index in [0.29, 0.717) is 6.54 Å². The molecule has 0 aromatic carbocycles. The summed E-state index contributed by atoms with van der Waals surface area (Å²) in [5.74, 6) is 1.75. The first-order valence-electron chi connectivity index (χ1n) is 7.20. The van der Waals surface area contributed by atoms with Gasteiger partial charge in [0.2, 0.25) is 0 Å². The maximum atomic E-state index is 4.53. The Labute approximate surface area is 115 Å². The van der Waals surface area contributed by atoms with Gasteiger partial charge in [0.1, 0.15) is 12.9 Å². The van der Waals surface area contributed by atoms with Gasteiger partial charge in [-0.15, -0.1) is 10.2 Å². The van der Waals surface area contributed by atoms with Crippen LogP contribution in [0.5, 0.6) is 0 Å². The third-order valence-corrected chi connectivity index (χ3v) is 2.83. The SMILES string of the molecule is CCCCCNC(=NCc1nncn1CC)NCC. The lowest BCUT2D eigenvalue weighted by Gasteiger charge is -2.10. The Bertz CT molecular complexity index is 371. The fourth-order valence-corrected chi connectivity index (χ4v) is 1.74. The molecule has 0 saturated carbocycles. The van der Waals surface area contributed by atoms with Crippen LogP contribution >= 0.6 is 0 Å². The second kappa shape index (κ2) is 9.35. The summed E-state index contributed by atoms with van der Waals surface area (Å²) in [6.07, 6.45) is 5.39. The predicted octanol–water partition coefficient (Wildman–Crippen LogP) is 1.54. The molecule has 6 nitrogen and oxygen atoms in total. The van der Waals surface area contributed by atoms with Crippen LogP contribution in [0.25, 0.3) is 0 Å². The van der Waals surface area contributed by atoms with Crippen LogP contribution in [0.1, 0.15) is 45.9 Å². The van der Waals surface area contributed by atoms with Crippen LogP contribution in [0.2, 0.25) is 0 Å². The van der Waals surface area contributed by atoms with Gasteiger partial charge in [-0.05, 0) is 20.3 Å². The first-order valence-corrected chi connectivity index (χ1v) is 7.20. The number of unbranched alkanes of at least 4 members (excludes halogenated alkanes) is 2. The van der Waals surface area contributed by atoms with Crippen molar-refractivity contribution in [3.05, 3.63) is 12.2 Å². The summed E-state index contributed by atoms with van der Waals surface area (Å²) in [5, 5.41) is 14.6. The molecule has 0 spiro atoms. The smallest absolute Gasteiger partial charge is 0.191 e. The summed E-state index contributed by atoms with van der Waals surface area (Å²) in [6, 6.07) is 0. The monoisotopic (exact) mass is 266 g/mol. The van der Waals surface area contributed by atoms with Gasteiger partial charge in [0, 0.05) is 19.6 Å². The predicted molar refractivity (Wildman–Crippen MR) is 78.0 cm³/mol. The minimum absolute atomic E-state index is 0.553. The standard InChI is InChI=1S/C13H26N6/c1-4-7-8-9-15-13(14-5-2)16-10-12-18-17-11-19(12)6-3/h11H,4-10H2,1-3H3,(H2,14,15,16). The number of aliphatic imine (C=N–C) groups is 1. The molecule has 1 aromatic rings. The lowest BCUT2D eigenvalue weighted by atomic mass is 10.2. The van der Waals surface area contributed by atoms with Gasteiger partial charge < -0.3 is 15.2 Å². The minimum Gasteiger partial charge on any atom is -0.357 e. The first kappa shape index (κ1) is 15.5. The van der Waals surface area contributed by atoms with E-state index in [1.165, 1.54) is 19.3 Å². The summed E-state index contributed by atoms with van der Waals surface area (Å²) in [7, 11) is 0. The molecule has 0 aliphatic rings. The van der Waals surface area contributed by atoms with Crippen LogP contribution in [-0.2, 0) is 13.1 Å². The van der Waals surface area contributed by atoms with Crippen molar-refractivity contribution in [1.82, 2.24) is 25.4 Å². The highest BCUT2D eigenvalue weighted by Gasteiger charge is 2.02. The van der Waals surface area contributed by atoms with Crippen LogP contribution in [0.4, 0.5) is 0 Å². The van der Waals surface area contributed by atoms with Gasteiger partial charge in [-0.2, -0.15) is 0 Å². The third kappa shape index (κ3) is 5.72. The molecule has 0 atom stereocenters. The average Bonchev–Trinajstić information content (AvgIpc) is 2.88. The Hall–Kier alpha value is -1.59. The van der Waals surface area contributed by atoms with Crippen LogP contribution < -0.4 is 10.6 Å². The highest BCUT2D eigenvalue weighted by atomic mass is 15.3. The highest BCUT2D eigenvalue weighted by Crippen LogP contribution is 1.97. The van der Waals surface area contributed by atoms with E-state index in [4.69, 9.17) is 0 Å². The maximum Gasteiger partial charge on any atom is 0.191 e. The summed E-state index contributed by atoms with van der Waals surface area (Å²) in [5.41, 5.74) is 0. The molecule has 2 N–H and O–H groups in total. The van der Waals surface area contributed by atoms with E-state index in [2.05, 4.69) is 46.6 Å². The van der Waals surface area contributed by atoms with Crippen molar-refractivity contribution >= 4 is 5.96 Å². The van der Waals surface area contributed by atoms with Crippen molar-refractivity contribution in [2.24, 2.45) is 4.99 Å². The van der Waals surface area contributed by atoms with Crippen LogP contribution in [-0.4, -0.2) is 33.8 Å². The number of nitrogens with zero attached hydrogens (tertiary/aromatic N) is 4. The summed E-state index contributed by atoms with van der Waals surface area (Å²) in [6.45, 7) is 9.59. The zero-order chi connectivity index (χ0) is 13.9. The molecule has 0 unspecified atom stereocenters. The van der Waals surface area contributed by atoms with Gasteiger partial charge in [-0.3, -0.25) is 0 Å². The molecular formula is C13H26N6. The molecule has 0 radical (unpaired) electrons. The summed E-state index contributed by atoms with van der Waals surface area (Å²) < 4.78 is 2.00. The van der Waals surface area contributed by atoms with Gasteiger partial charge in [0.25, 0.3) is 0 Å². The normalized spacial score (nSPS) is 11.6. The number of nitrogens with one attached hydrogen (secondary N) is 2. The van der Waals surface area contributed by atoms with E-state index in [9.17, 15) is 0 Å². The molecule has 6 heteroatoms. The first-order chi connectivity index (χ1) is 9.31. The van der Waals surface area contributed by atoms with Crippen molar-refractivity contribution in [2.75, 3.05) is 13.1 Å². The molecule has 1 heterocycles. The van der Waals surface area contributed by atoms with Crippen molar-refractivity contribution in [2.45, 2.75) is 53.1 Å². The lowest BCUT2D eigenvalue weighted by Crippen LogP contribution is -2.37. The van der Waals surface area contributed by atoms with E-state index < -0.39 is 0 Å². The second-order valence-corrected chi connectivity index (χ2v) is 4.36. The van der Waals surface area contributed by atoms with Crippen LogP contribution in [0.15, 0.2) is 11.3 Å². The number of aryl methyl sites for hydroxylation is 1. The van der Waals surface area contributed by atoms with Gasteiger partial charge in [-0.25, -0.2) is 4.99 Å². The summed E-state index contributed by atoms with van der Waals surface area (Å²) >= 11 is 0. The molecule has 0 amide bonds. The number of rotatable bonds is 8. The molecular weight excluding hydrogens is 240 g/mol. The Kier molecular flexibility index (Phi) is 7.62. The molecule has 0 aliphatic heterocycles. The van der Waals surface area contributed by atoms with Gasteiger partial charge in [0.15, 0.2) is 11.8 Å². The number of aromatic nitrogens is 3. The Balaban J connectivity index is 2.47. The van der Waals surface area contributed by atoms with Crippen LogP contribution in [0, 0.1) is 0 Å². The van der Waals surface area contributed by atoms with Crippen molar-refractivity contribution in [3.63, 3.8) is 0 Å². The molecule has 1 aromatic heterocycles. The molecule has 0 saturated heterocycles. The van der Waals surface area contributed by atoms with Crippen molar-refractivity contribution < 1.29 is 0 Å². The molecule has 19 heavy (non-hydrogen) atoms. The average molecular weight is 266 g/mol. The van der Waals surface area contributed by atoms with E-state index in [1.54, 1.807) is 6.33 Å². The molecule has 0 bridgehead atoms. The van der Waals surface area contributed by atoms with E-state index in [1.807, 2.05) is 4.57 Å². The van der Waals surface area contributed by atoms with Gasteiger partial charge >= 0.3 is 0 Å². The minimum atomic E-state index is 0.553. The second-order valence-electron chi connectivity index (χ2n) is 4.36. The van der Waals surface area contributed by atoms with Gasteiger partial charge in [0.05, 0.1) is 0 Å². The quantitative estimate of drug-likeness (QED) is 0.425. The maximum absolute atomic E-state index is 4.53. The van der Waals surface area contributed by atoms with Gasteiger partial charge in [-0.1, -0.05) is 19.8 Å². The Morgan fingerprint density at radius 3 is 2.79 bits per heavy atom. The largest absolute Gasteiger partial charge is 0.357 e. The zero-order valence-corrected chi connectivity index (χ0v) is 12.3. The Morgan fingerprint density at radius 1 is 1.26 bits per heavy atom. The molecule has 1 rings (SSSR count). The van der Waals surface area contributed by atoms with E-state index in [-0.39, 0.29) is 0 Å². The fourth-order valence-electron chi connectivity index (χ4n) is 1.74. The molecule has 0 aliphatic carbocycles. The van der Waals surface area contributed by atoms with Crippen molar-refractivity contribution in [3.8, 4) is 0 Å². The van der Waals surface area contributed by atoms with Crippen LogP contribution in [0.3, 0.4) is 0 Å². The summed E-state index contributed by atoms with van der Waals surface area (Å²) in [4.78, 5) is 4.53. The zero-order valence-electron chi connectivity index (χ0n) is 12.3. The highest BCUT2D eigenvalue weighted by molar-refractivity contribution is 5.79. The number of hydrogen-bond donors (Lipinski definition) is 2. The molecule has 0 fully saturated rings. The third-order valence-electron chi connectivity index (χ3n) is 2.83. The number of guanidine groups is 1. The number of hydrogen-bond acceptors (Lipinski definition) is 3. The lowest BCUT2D eigenvalue weighted by molar-refractivity contribution is 0.674. The topological polar surface area (TPSA) is 67.1 Å². The molecule has 108 valence electrons.